The Morgan fingerprint density at radius 2 is 1.80 bits per heavy atom. The van der Waals surface area contributed by atoms with Gasteiger partial charge >= 0.3 is 0 Å². The molecular formula is C19H16N4O2. The van der Waals surface area contributed by atoms with Crippen LogP contribution in [0.15, 0.2) is 42.5 Å². The van der Waals surface area contributed by atoms with Crippen molar-refractivity contribution in [2.45, 2.75) is 0 Å². The molecule has 0 radical (unpaired) electrons. The van der Waals surface area contributed by atoms with Crippen LogP contribution in [-0.2, 0) is 0 Å². The van der Waals surface area contributed by atoms with E-state index in [0.29, 0.717) is 17.1 Å². The van der Waals surface area contributed by atoms with Crippen molar-refractivity contribution in [2.24, 2.45) is 0 Å². The Balaban J connectivity index is 1.78. The SMILES string of the molecule is COc1cc2cc3c(Nc4cccc(C#N)c4)[nH][nH]c-3c2cc1OC. The van der Waals surface area contributed by atoms with E-state index < -0.39 is 0 Å². The number of hydrogen-bond donors (Lipinski definition) is 3. The van der Waals surface area contributed by atoms with Crippen LogP contribution in [-0.4, -0.2) is 24.4 Å². The summed E-state index contributed by atoms with van der Waals surface area (Å²) in [6.45, 7) is 0. The van der Waals surface area contributed by atoms with Gasteiger partial charge in [-0.05, 0) is 41.8 Å². The minimum Gasteiger partial charge on any atom is -0.493 e. The third-order valence-electron chi connectivity index (χ3n) is 4.24. The fourth-order valence-electron chi connectivity index (χ4n) is 3.04. The highest BCUT2D eigenvalue weighted by molar-refractivity contribution is 6.05. The third-order valence-corrected chi connectivity index (χ3v) is 4.24. The molecule has 0 saturated carbocycles. The van der Waals surface area contributed by atoms with E-state index in [1.807, 2.05) is 24.3 Å². The maximum absolute atomic E-state index is 9.04. The molecule has 0 atom stereocenters. The Morgan fingerprint density at radius 3 is 2.56 bits per heavy atom. The van der Waals surface area contributed by atoms with E-state index in [9.17, 15) is 0 Å². The highest BCUT2D eigenvalue weighted by atomic mass is 16.5. The molecular weight excluding hydrogens is 316 g/mol. The maximum Gasteiger partial charge on any atom is 0.161 e. The molecule has 0 unspecified atom stereocenters. The van der Waals surface area contributed by atoms with E-state index >= 15 is 0 Å². The first-order valence-electron chi connectivity index (χ1n) is 7.75. The van der Waals surface area contributed by atoms with Crippen LogP contribution in [0.4, 0.5) is 11.5 Å². The van der Waals surface area contributed by atoms with E-state index in [2.05, 4.69) is 27.6 Å². The lowest BCUT2D eigenvalue weighted by Gasteiger charge is -2.07. The van der Waals surface area contributed by atoms with E-state index in [0.717, 1.165) is 33.5 Å². The molecule has 2 aromatic rings. The molecule has 2 aliphatic rings. The van der Waals surface area contributed by atoms with Gasteiger partial charge in [0.25, 0.3) is 0 Å². The Labute approximate surface area is 144 Å². The number of hydrogen-bond acceptors (Lipinski definition) is 4. The number of aromatic amines is 2. The standard InChI is InChI=1S/C19H16N4O2/c1-24-16-8-12-7-15-18(14(12)9-17(16)25-2)22-23-19(15)21-13-5-3-4-11(6-13)10-20/h3-9,21-23H,1-2H3. The van der Waals surface area contributed by atoms with E-state index in [-0.39, 0.29) is 0 Å². The molecule has 0 saturated heterocycles. The lowest BCUT2D eigenvalue weighted by molar-refractivity contribution is 0.356. The minimum absolute atomic E-state index is 0.610. The van der Waals surface area contributed by atoms with Crippen LogP contribution in [0, 0.1) is 11.3 Å². The summed E-state index contributed by atoms with van der Waals surface area (Å²) < 4.78 is 10.8. The number of nitrogens with zero attached hydrogens (tertiary/aromatic N) is 1. The van der Waals surface area contributed by atoms with Crippen molar-refractivity contribution < 1.29 is 9.47 Å². The van der Waals surface area contributed by atoms with Crippen LogP contribution in [0.3, 0.4) is 0 Å². The van der Waals surface area contributed by atoms with Crippen LogP contribution in [0.1, 0.15) is 5.56 Å². The molecule has 1 heterocycles. The van der Waals surface area contributed by atoms with Gasteiger partial charge in [-0.15, -0.1) is 0 Å². The molecule has 6 nitrogen and oxygen atoms in total. The highest BCUT2D eigenvalue weighted by Gasteiger charge is 2.19. The van der Waals surface area contributed by atoms with Gasteiger partial charge in [0.15, 0.2) is 11.5 Å². The second-order valence-electron chi connectivity index (χ2n) is 5.67. The van der Waals surface area contributed by atoms with Crippen LogP contribution < -0.4 is 14.8 Å². The van der Waals surface area contributed by atoms with Crippen LogP contribution in [0.25, 0.3) is 22.0 Å². The normalized spacial score (nSPS) is 10.8. The zero-order valence-corrected chi connectivity index (χ0v) is 13.8. The summed E-state index contributed by atoms with van der Waals surface area (Å²) in [4.78, 5) is 0. The molecule has 1 aliphatic carbocycles. The lowest BCUT2D eigenvalue weighted by atomic mass is 10.2. The van der Waals surface area contributed by atoms with E-state index in [1.54, 1.807) is 26.4 Å². The van der Waals surface area contributed by atoms with Crippen LogP contribution >= 0.6 is 0 Å². The number of ether oxygens (including phenoxy) is 2. The zero-order chi connectivity index (χ0) is 17.4. The Morgan fingerprint density at radius 1 is 1.00 bits per heavy atom. The number of methoxy groups -OCH3 is 2. The Hall–Kier alpha value is -3.59. The third kappa shape index (κ3) is 2.42. The first-order chi connectivity index (χ1) is 12.2. The van der Waals surface area contributed by atoms with E-state index in [1.165, 1.54) is 0 Å². The molecule has 1 aliphatic heterocycles. The molecule has 2 aromatic carbocycles. The number of rotatable bonds is 4. The molecule has 4 rings (SSSR count). The quantitative estimate of drug-likeness (QED) is 0.522. The summed E-state index contributed by atoms with van der Waals surface area (Å²) in [5, 5.41) is 20.8. The van der Waals surface area contributed by atoms with Gasteiger partial charge in [0, 0.05) is 16.6 Å². The van der Waals surface area contributed by atoms with Crippen molar-refractivity contribution in [1.29, 1.82) is 5.26 Å². The summed E-state index contributed by atoms with van der Waals surface area (Å²) in [5.41, 5.74) is 3.46. The zero-order valence-electron chi connectivity index (χ0n) is 13.8. The second-order valence-corrected chi connectivity index (χ2v) is 5.67. The number of benzene rings is 2. The average Bonchev–Trinajstić information content (AvgIpc) is 3.20. The molecule has 0 aromatic heterocycles. The van der Waals surface area contributed by atoms with E-state index in [4.69, 9.17) is 14.7 Å². The minimum atomic E-state index is 0.610. The smallest absolute Gasteiger partial charge is 0.161 e. The van der Waals surface area contributed by atoms with Crippen molar-refractivity contribution in [1.82, 2.24) is 10.2 Å². The Kier molecular flexibility index (Phi) is 3.47. The summed E-state index contributed by atoms with van der Waals surface area (Å²) in [5.74, 6) is 2.22. The number of anilines is 2. The highest BCUT2D eigenvalue weighted by Crippen LogP contribution is 2.42. The first kappa shape index (κ1) is 15.0. The number of fused-ring (bicyclic) bond motifs is 3. The molecule has 0 fully saturated rings. The van der Waals surface area contributed by atoms with Crippen LogP contribution in [0.5, 0.6) is 11.5 Å². The topological polar surface area (TPSA) is 85.9 Å². The number of aromatic nitrogens is 2. The van der Waals surface area contributed by atoms with Gasteiger partial charge in [-0.1, -0.05) is 6.07 Å². The van der Waals surface area contributed by atoms with Crippen molar-refractivity contribution >= 4 is 22.3 Å². The Bertz CT molecular complexity index is 1070. The number of nitrogens with one attached hydrogen (secondary N) is 3. The monoisotopic (exact) mass is 332 g/mol. The summed E-state index contributed by atoms with van der Waals surface area (Å²) in [6, 6.07) is 15.5. The number of H-pyrrole nitrogens is 2. The fraction of sp³-hybridized carbons (Fsp3) is 0.105. The predicted octanol–water partition coefficient (Wildman–Crippen LogP) is 4.23. The molecule has 25 heavy (non-hydrogen) atoms. The molecule has 0 amide bonds. The molecule has 124 valence electrons. The number of nitriles is 1. The lowest BCUT2D eigenvalue weighted by Crippen LogP contribution is -1.91. The summed E-state index contributed by atoms with van der Waals surface area (Å²) in [6.07, 6.45) is 0. The average molecular weight is 332 g/mol. The van der Waals surface area contributed by atoms with Gasteiger partial charge in [0.1, 0.15) is 5.82 Å². The molecule has 3 N–H and O–H groups in total. The van der Waals surface area contributed by atoms with Gasteiger partial charge in [0.2, 0.25) is 0 Å². The van der Waals surface area contributed by atoms with Crippen LogP contribution in [0.2, 0.25) is 0 Å². The van der Waals surface area contributed by atoms with Crippen molar-refractivity contribution in [3.63, 3.8) is 0 Å². The summed E-state index contributed by atoms with van der Waals surface area (Å²) in [7, 11) is 3.25. The maximum atomic E-state index is 9.04. The van der Waals surface area contributed by atoms with Gasteiger partial charge in [-0.3, -0.25) is 10.2 Å². The second kappa shape index (κ2) is 5.80. The summed E-state index contributed by atoms with van der Waals surface area (Å²) >= 11 is 0. The molecule has 0 spiro atoms. The predicted molar refractivity (Wildman–Crippen MR) is 96.8 cm³/mol. The fourth-order valence-corrected chi connectivity index (χ4v) is 3.04. The van der Waals surface area contributed by atoms with Gasteiger partial charge in [0.05, 0.1) is 31.5 Å². The van der Waals surface area contributed by atoms with Gasteiger partial charge < -0.3 is 14.8 Å². The molecule has 6 heteroatoms. The first-order valence-corrected chi connectivity index (χ1v) is 7.75. The largest absolute Gasteiger partial charge is 0.493 e. The molecule has 0 bridgehead atoms. The van der Waals surface area contributed by atoms with Gasteiger partial charge in [-0.25, -0.2) is 0 Å². The van der Waals surface area contributed by atoms with Crippen molar-refractivity contribution in [2.75, 3.05) is 19.5 Å². The van der Waals surface area contributed by atoms with Crippen molar-refractivity contribution in [3.8, 4) is 28.8 Å². The van der Waals surface area contributed by atoms with Crippen molar-refractivity contribution in [3.05, 3.63) is 48.0 Å². The van der Waals surface area contributed by atoms with Gasteiger partial charge in [-0.2, -0.15) is 5.26 Å².